The highest BCUT2D eigenvalue weighted by atomic mass is 16.2. The van der Waals surface area contributed by atoms with Crippen LogP contribution in [0.2, 0.25) is 0 Å². The van der Waals surface area contributed by atoms with Crippen LogP contribution in [0.3, 0.4) is 0 Å². The summed E-state index contributed by atoms with van der Waals surface area (Å²) in [5, 5.41) is 2.14. The van der Waals surface area contributed by atoms with Crippen LogP contribution in [0.15, 0.2) is 54.6 Å². The van der Waals surface area contributed by atoms with Gasteiger partial charge in [0.05, 0.1) is 0 Å². The van der Waals surface area contributed by atoms with Crippen molar-refractivity contribution in [1.82, 2.24) is 4.90 Å². The Bertz CT molecular complexity index is 605. The number of carbonyl (C=O) groups is 1. The van der Waals surface area contributed by atoms with Crippen molar-refractivity contribution in [2.45, 2.75) is 25.9 Å². The van der Waals surface area contributed by atoms with Gasteiger partial charge in [-0.1, -0.05) is 60.2 Å². The quantitative estimate of drug-likeness (QED) is 0.902. The summed E-state index contributed by atoms with van der Waals surface area (Å²) < 4.78 is 0. The van der Waals surface area contributed by atoms with Crippen molar-refractivity contribution < 1.29 is 10.1 Å². The normalized spacial score (nSPS) is 13.5. The SMILES string of the molecule is Cc1ccc([C@H]([NH2+][C@@H](C)C(=O)N(C)C)c2ccccc2)cc1. The molecule has 0 aliphatic carbocycles. The Morgan fingerprint density at radius 3 is 2.05 bits per heavy atom. The molecular weight excluding hydrogens is 272 g/mol. The first-order valence-electron chi connectivity index (χ1n) is 7.66. The molecule has 1 amide bonds. The molecule has 2 N–H and O–H groups in total. The fraction of sp³-hybridized carbons (Fsp3) is 0.316. The number of rotatable bonds is 5. The topological polar surface area (TPSA) is 36.9 Å². The van der Waals surface area contributed by atoms with Crippen molar-refractivity contribution in [3.05, 3.63) is 71.3 Å². The Kier molecular flexibility index (Phi) is 5.34. The van der Waals surface area contributed by atoms with Crippen molar-refractivity contribution in [3.8, 4) is 0 Å². The number of likely N-dealkylation sites (N-methyl/N-ethyl adjacent to an activating group) is 1. The van der Waals surface area contributed by atoms with E-state index in [0.29, 0.717) is 0 Å². The van der Waals surface area contributed by atoms with E-state index in [2.05, 4.69) is 48.6 Å². The van der Waals surface area contributed by atoms with Gasteiger partial charge in [-0.25, -0.2) is 0 Å². The molecule has 0 aliphatic rings. The summed E-state index contributed by atoms with van der Waals surface area (Å²) in [7, 11) is 3.60. The van der Waals surface area contributed by atoms with Crippen molar-refractivity contribution in [2.24, 2.45) is 0 Å². The van der Waals surface area contributed by atoms with Gasteiger partial charge < -0.3 is 10.2 Å². The van der Waals surface area contributed by atoms with E-state index in [9.17, 15) is 4.79 Å². The van der Waals surface area contributed by atoms with Crippen molar-refractivity contribution in [1.29, 1.82) is 0 Å². The summed E-state index contributed by atoms with van der Waals surface area (Å²) >= 11 is 0. The summed E-state index contributed by atoms with van der Waals surface area (Å²) in [6.45, 7) is 4.05. The third-order valence-electron chi connectivity index (χ3n) is 3.91. The van der Waals surface area contributed by atoms with Gasteiger partial charge in [-0.15, -0.1) is 0 Å². The zero-order chi connectivity index (χ0) is 16.1. The maximum absolute atomic E-state index is 12.2. The van der Waals surface area contributed by atoms with Gasteiger partial charge in [-0.2, -0.15) is 0 Å². The first-order valence-corrected chi connectivity index (χ1v) is 7.66. The van der Waals surface area contributed by atoms with Crippen LogP contribution in [-0.4, -0.2) is 30.9 Å². The number of benzene rings is 2. The first kappa shape index (κ1) is 16.2. The lowest BCUT2D eigenvalue weighted by atomic mass is 9.97. The number of nitrogens with two attached hydrogens (primary N) is 1. The third-order valence-corrected chi connectivity index (χ3v) is 3.91. The third kappa shape index (κ3) is 3.95. The monoisotopic (exact) mass is 297 g/mol. The number of amides is 1. The van der Waals surface area contributed by atoms with Crippen LogP contribution < -0.4 is 5.32 Å². The van der Waals surface area contributed by atoms with Crippen molar-refractivity contribution in [3.63, 3.8) is 0 Å². The Morgan fingerprint density at radius 2 is 1.50 bits per heavy atom. The molecule has 2 aromatic rings. The fourth-order valence-electron chi connectivity index (χ4n) is 2.63. The van der Waals surface area contributed by atoms with Crippen LogP contribution in [0, 0.1) is 6.92 Å². The number of nitrogens with zero attached hydrogens (tertiary/aromatic N) is 1. The van der Waals surface area contributed by atoms with E-state index in [-0.39, 0.29) is 18.0 Å². The summed E-state index contributed by atoms with van der Waals surface area (Å²) in [4.78, 5) is 13.8. The van der Waals surface area contributed by atoms with E-state index >= 15 is 0 Å². The highest BCUT2D eigenvalue weighted by Crippen LogP contribution is 2.19. The molecule has 3 nitrogen and oxygen atoms in total. The highest BCUT2D eigenvalue weighted by molar-refractivity contribution is 5.79. The molecular formula is C19H25N2O+. The van der Waals surface area contributed by atoms with E-state index in [1.165, 1.54) is 16.7 Å². The Labute approximate surface area is 133 Å². The molecule has 116 valence electrons. The summed E-state index contributed by atoms with van der Waals surface area (Å²) in [5.41, 5.74) is 3.67. The lowest BCUT2D eigenvalue weighted by Gasteiger charge is -2.22. The standard InChI is InChI=1S/C19H24N2O/c1-14-10-12-17(13-11-14)18(16-8-6-5-7-9-16)20-15(2)19(22)21(3)4/h5-13,15,18,20H,1-4H3/p+1/t15-,18+/m0/s1. The Balaban J connectivity index is 2.30. The van der Waals surface area contributed by atoms with Gasteiger partial charge in [0.15, 0.2) is 6.04 Å². The summed E-state index contributed by atoms with van der Waals surface area (Å²) in [6, 6.07) is 18.9. The maximum atomic E-state index is 12.2. The Hall–Kier alpha value is -2.13. The van der Waals surface area contributed by atoms with Crippen LogP contribution in [0.5, 0.6) is 0 Å². The molecule has 2 atom stereocenters. The highest BCUT2D eigenvalue weighted by Gasteiger charge is 2.25. The number of carbonyl (C=O) groups excluding carboxylic acids is 1. The van der Waals surface area contributed by atoms with Crippen LogP contribution in [0.25, 0.3) is 0 Å². The van der Waals surface area contributed by atoms with Gasteiger partial charge in [0.2, 0.25) is 0 Å². The van der Waals surface area contributed by atoms with Gasteiger partial charge >= 0.3 is 0 Å². The van der Waals surface area contributed by atoms with Crippen LogP contribution >= 0.6 is 0 Å². The number of quaternary nitrogens is 1. The number of hydrogen-bond donors (Lipinski definition) is 1. The molecule has 2 aromatic carbocycles. The molecule has 22 heavy (non-hydrogen) atoms. The van der Waals surface area contributed by atoms with Gasteiger partial charge in [0.1, 0.15) is 6.04 Å². The minimum absolute atomic E-state index is 0.124. The lowest BCUT2D eigenvalue weighted by molar-refractivity contribution is -0.705. The molecule has 0 bridgehead atoms. The van der Waals surface area contributed by atoms with E-state index in [4.69, 9.17) is 0 Å². The largest absolute Gasteiger partial charge is 0.344 e. The molecule has 0 spiro atoms. The molecule has 0 radical (unpaired) electrons. The van der Waals surface area contributed by atoms with E-state index < -0.39 is 0 Å². The summed E-state index contributed by atoms with van der Waals surface area (Å²) in [5.74, 6) is 0.132. The second kappa shape index (κ2) is 7.23. The Morgan fingerprint density at radius 1 is 0.955 bits per heavy atom. The van der Waals surface area contributed by atoms with Gasteiger partial charge in [-0.05, 0) is 13.8 Å². The molecule has 0 aliphatic heterocycles. The van der Waals surface area contributed by atoms with E-state index in [1.807, 2.05) is 25.1 Å². The molecule has 0 saturated heterocycles. The molecule has 0 aromatic heterocycles. The smallest absolute Gasteiger partial charge is 0.280 e. The van der Waals surface area contributed by atoms with Crippen molar-refractivity contribution in [2.75, 3.05) is 14.1 Å². The average Bonchev–Trinajstić information content (AvgIpc) is 2.53. The summed E-state index contributed by atoms with van der Waals surface area (Å²) in [6.07, 6.45) is 0. The van der Waals surface area contributed by atoms with Crippen molar-refractivity contribution >= 4 is 5.91 Å². The minimum Gasteiger partial charge on any atom is -0.344 e. The zero-order valence-electron chi connectivity index (χ0n) is 13.8. The number of hydrogen-bond acceptors (Lipinski definition) is 1. The van der Waals surface area contributed by atoms with E-state index in [1.54, 1.807) is 19.0 Å². The molecule has 0 saturated carbocycles. The predicted octanol–water partition coefficient (Wildman–Crippen LogP) is 2.12. The van der Waals surface area contributed by atoms with Gasteiger partial charge in [-0.3, -0.25) is 4.79 Å². The predicted molar refractivity (Wildman–Crippen MR) is 89.5 cm³/mol. The van der Waals surface area contributed by atoms with Gasteiger partial charge in [0, 0.05) is 25.2 Å². The first-order chi connectivity index (χ1) is 10.5. The zero-order valence-corrected chi connectivity index (χ0v) is 13.8. The average molecular weight is 297 g/mol. The lowest BCUT2D eigenvalue weighted by Crippen LogP contribution is -2.92. The van der Waals surface area contributed by atoms with E-state index in [0.717, 1.165) is 0 Å². The molecule has 3 heteroatoms. The minimum atomic E-state index is -0.124. The fourth-order valence-corrected chi connectivity index (χ4v) is 2.63. The van der Waals surface area contributed by atoms with Crippen LogP contribution in [-0.2, 0) is 4.79 Å². The second-order valence-electron chi connectivity index (χ2n) is 6.01. The van der Waals surface area contributed by atoms with Gasteiger partial charge in [0.25, 0.3) is 5.91 Å². The maximum Gasteiger partial charge on any atom is 0.280 e. The molecule has 2 rings (SSSR count). The second-order valence-corrected chi connectivity index (χ2v) is 6.01. The van der Waals surface area contributed by atoms with Crippen LogP contribution in [0.1, 0.15) is 29.7 Å². The molecule has 0 unspecified atom stereocenters. The number of aryl methyl sites for hydroxylation is 1. The van der Waals surface area contributed by atoms with Crippen LogP contribution in [0.4, 0.5) is 0 Å². The molecule has 0 heterocycles. The molecule has 0 fully saturated rings.